The minimum Gasteiger partial charge on any atom is -0.344 e. The molecule has 6 heteroatoms. The Morgan fingerprint density at radius 2 is 0.833 bits per heavy atom. The summed E-state index contributed by atoms with van der Waals surface area (Å²) in [5, 5.41) is 0. The van der Waals surface area contributed by atoms with Crippen LogP contribution in [0.2, 0.25) is 0 Å². The van der Waals surface area contributed by atoms with Crippen LogP contribution < -0.4 is 6.15 Å². The first-order chi connectivity index (χ1) is 0. The fourth-order valence-corrected chi connectivity index (χ4v) is 0. The largest absolute Gasteiger partial charge is 0.344 e. The third-order valence-corrected chi connectivity index (χ3v) is 0. The molecule has 0 spiro atoms. The van der Waals surface area contributed by atoms with Gasteiger partial charge in [-0.1, -0.05) is 0 Å². The summed E-state index contributed by atoms with van der Waals surface area (Å²) in [6.45, 7) is 0. The van der Waals surface area contributed by atoms with E-state index in [1.165, 1.54) is 0 Å². The Hall–Kier alpha value is 2.52. The smallest absolute Gasteiger partial charge is 0 e. The second-order valence-corrected chi connectivity index (χ2v) is 0. The van der Waals surface area contributed by atoms with Crippen molar-refractivity contribution in [2.45, 2.75) is 0 Å². The molecule has 52 valence electrons. The number of hydrogen-bond donors (Lipinski definition) is 1. The van der Waals surface area contributed by atoms with Gasteiger partial charge in [0.05, 0.1) is 0 Å². The standard InChI is InChI=1S/Cr.Cu.Mn.H3N.2Ni/h;;;1H3;;. The van der Waals surface area contributed by atoms with Gasteiger partial charge in [0.1, 0.15) is 0 Å². The quantitative estimate of drug-likeness (QED) is 0.635. The van der Waals surface area contributed by atoms with Crippen LogP contribution in [0.15, 0.2) is 0 Å². The zero-order valence-corrected chi connectivity index (χ0v) is 7.80. The maximum Gasteiger partial charge on any atom is 0 e. The zero-order valence-electron chi connectivity index (χ0n) is 2.43. The Bertz CT molecular complexity index is 13.5. The Labute approximate surface area is 89.7 Å². The van der Waals surface area contributed by atoms with Gasteiger partial charge in [0, 0.05) is 84.5 Å². The Kier molecular flexibility index (Phi) is 637. The van der Waals surface area contributed by atoms with Gasteiger partial charge >= 0.3 is 0 Å². The molecule has 0 bridgehead atoms. The minimum atomic E-state index is 0. The molecule has 2 radical (unpaired) electrons. The summed E-state index contributed by atoms with van der Waals surface area (Å²) in [5.74, 6) is 0. The molecule has 0 heterocycles. The van der Waals surface area contributed by atoms with Crippen molar-refractivity contribution in [1.29, 1.82) is 0 Å². The monoisotopic (exact) mass is 303 g/mol. The molecule has 0 aromatic carbocycles. The summed E-state index contributed by atoms with van der Waals surface area (Å²) < 4.78 is 0. The molecule has 0 rings (SSSR count). The molecule has 0 aromatic heterocycles. The average Bonchev–Trinajstić information content (AvgIpc) is 0. The topological polar surface area (TPSA) is 35.0 Å². The molecular formula is H3CrCuMnNNi2. The van der Waals surface area contributed by atoms with Gasteiger partial charge in [0.25, 0.3) is 0 Å². The van der Waals surface area contributed by atoms with Crippen LogP contribution >= 0.6 is 0 Å². The van der Waals surface area contributed by atoms with Crippen LogP contribution in [0.25, 0.3) is 0 Å². The summed E-state index contributed by atoms with van der Waals surface area (Å²) >= 11 is 0. The minimum absolute atomic E-state index is 0. The van der Waals surface area contributed by atoms with E-state index in [4.69, 9.17) is 0 Å². The second kappa shape index (κ2) is 50.4. The van der Waals surface area contributed by atoms with Crippen molar-refractivity contribution in [3.8, 4) is 0 Å². The van der Waals surface area contributed by atoms with Crippen molar-refractivity contribution in [2.75, 3.05) is 0 Å². The van der Waals surface area contributed by atoms with E-state index in [0.29, 0.717) is 0 Å². The Morgan fingerprint density at radius 1 is 0.833 bits per heavy atom. The Balaban J connectivity index is 0. The maximum atomic E-state index is 0. The van der Waals surface area contributed by atoms with Crippen molar-refractivity contribution in [2.24, 2.45) is 0 Å². The van der Waals surface area contributed by atoms with Gasteiger partial charge in [-0.05, 0) is 0 Å². The normalized spacial score (nSPS) is 0. The van der Waals surface area contributed by atoms with Crippen LogP contribution in [0.3, 0.4) is 0 Å². The molecule has 1 nitrogen and oxygen atoms in total. The second-order valence-electron chi connectivity index (χ2n) is 0. The molecule has 0 aliphatic heterocycles. The fraction of sp³-hybridized carbons (Fsp3) is 0. The first-order valence-electron chi connectivity index (χ1n) is 0. The van der Waals surface area contributed by atoms with Crippen molar-refractivity contribution < 1.29 is 84.5 Å². The third-order valence-electron chi connectivity index (χ3n) is 0. The molecular weight excluding hydrogens is 302 g/mol. The summed E-state index contributed by atoms with van der Waals surface area (Å²) in [6, 6.07) is 0. The van der Waals surface area contributed by atoms with Crippen LogP contribution in [0, 0.1) is 0 Å². The van der Waals surface area contributed by atoms with Gasteiger partial charge in [-0.3, -0.25) is 0 Å². The van der Waals surface area contributed by atoms with Crippen molar-refractivity contribution in [1.82, 2.24) is 6.15 Å². The molecule has 0 saturated carbocycles. The van der Waals surface area contributed by atoms with Crippen LogP contribution in [0.1, 0.15) is 0 Å². The van der Waals surface area contributed by atoms with Crippen LogP contribution in [-0.4, -0.2) is 0 Å². The van der Waals surface area contributed by atoms with Gasteiger partial charge in [0.15, 0.2) is 0 Å². The molecule has 6 heavy (non-hydrogen) atoms. The number of rotatable bonds is 0. The first kappa shape index (κ1) is 75.9. The van der Waals surface area contributed by atoms with Crippen molar-refractivity contribution in [3.05, 3.63) is 0 Å². The molecule has 0 atom stereocenters. The van der Waals surface area contributed by atoms with E-state index in [9.17, 15) is 0 Å². The van der Waals surface area contributed by atoms with E-state index in [1.54, 1.807) is 0 Å². The molecule has 0 aliphatic carbocycles. The molecule has 0 aliphatic rings. The van der Waals surface area contributed by atoms with E-state index < -0.39 is 0 Å². The summed E-state index contributed by atoms with van der Waals surface area (Å²) in [5.41, 5.74) is 0. The molecule has 0 amide bonds. The predicted molar refractivity (Wildman–Crippen MR) is 5.02 cm³/mol. The number of hydrogen-bond acceptors (Lipinski definition) is 1. The molecule has 0 fully saturated rings. The van der Waals surface area contributed by atoms with E-state index in [2.05, 4.69) is 0 Å². The summed E-state index contributed by atoms with van der Waals surface area (Å²) in [6.07, 6.45) is 0. The Morgan fingerprint density at radius 3 is 0.833 bits per heavy atom. The van der Waals surface area contributed by atoms with Crippen molar-refractivity contribution in [3.63, 3.8) is 0 Å². The molecule has 3 N–H and O–H groups in total. The van der Waals surface area contributed by atoms with E-state index in [0.717, 1.165) is 0 Å². The van der Waals surface area contributed by atoms with Crippen LogP contribution in [0.5, 0.6) is 0 Å². The SMILES string of the molecule is N.[Cr].[Cu].[Mn].[Ni].[Ni]. The van der Waals surface area contributed by atoms with Crippen LogP contribution in [0.4, 0.5) is 0 Å². The van der Waals surface area contributed by atoms with E-state index in [-0.39, 0.29) is 90.6 Å². The van der Waals surface area contributed by atoms with Gasteiger partial charge < -0.3 is 6.15 Å². The third kappa shape index (κ3) is 31.3. The first-order valence-corrected chi connectivity index (χ1v) is 0. The van der Waals surface area contributed by atoms with Crippen LogP contribution in [-0.2, 0) is 84.5 Å². The van der Waals surface area contributed by atoms with E-state index in [1.807, 2.05) is 0 Å². The fourth-order valence-electron chi connectivity index (χ4n) is 0. The summed E-state index contributed by atoms with van der Waals surface area (Å²) in [4.78, 5) is 0. The molecule has 0 unspecified atom stereocenters. The van der Waals surface area contributed by atoms with Crippen molar-refractivity contribution >= 4 is 0 Å². The average molecular weight is 305 g/mol. The maximum absolute atomic E-state index is 0. The zero-order chi connectivity index (χ0) is 0. The predicted octanol–water partition coefficient (Wildman–Crippen LogP) is 0.149. The molecule has 0 saturated heterocycles. The van der Waals surface area contributed by atoms with E-state index >= 15 is 0 Å². The van der Waals surface area contributed by atoms with Gasteiger partial charge in [-0.25, -0.2) is 0 Å². The molecule has 0 aromatic rings. The van der Waals surface area contributed by atoms with Gasteiger partial charge in [-0.15, -0.1) is 0 Å². The van der Waals surface area contributed by atoms with Gasteiger partial charge in [0.2, 0.25) is 0 Å². The van der Waals surface area contributed by atoms with Gasteiger partial charge in [-0.2, -0.15) is 0 Å². The summed E-state index contributed by atoms with van der Waals surface area (Å²) in [7, 11) is 0.